The molecule has 29 heavy (non-hydrogen) atoms. The van der Waals surface area contributed by atoms with Gasteiger partial charge in [-0.3, -0.25) is 9.80 Å². The molecule has 1 N–H and O–H groups in total. The van der Waals surface area contributed by atoms with E-state index in [0.717, 1.165) is 49.9 Å². The van der Waals surface area contributed by atoms with Gasteiger partial charge in [-0.05, 0) is 30.2 Å². The van der Waals surface area contributed by atoms with E-state index < -0.39 is 6.09 Å². The second-order valence-electron chi connectivity index (χ2n) is 8.13. The topological polar surface area (TPSA) is 63.2 Å². The Labute approximate surface area is 172 Å². The molecule has 2 aromatic rings. The fourth-order valence-corrected chi connectivity index (χ4v) is 4.23. The first kappa shape index (κ1) is 19.5. The van der Waals surface area contributed by atoms with E-state index in [4.69, 9.17) is 4.98 Å². The molecule has 1 amide bonds. The third-order valence-electron chi connectivity index (χ3n) is 5.61. The number of amides is 1. The highest BCUT2D eigenvalue weighted by atomic mass is 16.4. The van der Waals surface area contributed by atoms with Crippen molar-refractivity contribution in [1.82, 2.24) is 9.88 Å². The predicted molar refractivity (Wildman–Crippen MR) is 117 cm³/mol. The summed E-state index contributed by atoms with van der Waals surface area (Å²) < 4.78 is 0. The molecule has 1 aromatic carbocycles. The number of fused-ring (bicyclic) bond motifs is 1. The lowest BCUT2D eigenvalue weighted by atomic mass is 10.1. The van der Waals surface area contributed by atoms with Gasteiger partial charge in [-0.2, -0.15) is 0 Å². The minimum absolute atomic E-state index is 0.424. The Morgan fingerprint density at radius 2 is 1.72 bits per heavy atom. The van der Waals surface area contributed by atoms with Crippen LogP contribution in [-0.2, 0) is 0 Å². The van der Waals surface area contributed by atoms with E-state index in [1.165, 1.54) is 4.90 Å². The fraction of sp³-hybridized carbons (Fsp3) is 0.455. The van der Waals surface area contributed by atoms with E-state index in [1.54, 1.807) is 0 Å². The molecule has 0 spiro atoms. The fourth-order valence-electron chi connectivity index (χ4n) is 4.23. The molecule has 0 atom stereocenters. The van der Waals surface area contributed by atoms with Gasteiger partial charge in [0.25, 0.3) is 0 Å². The van der Waals surface area contributed by atoms with Gasteiger partial charge in [0.1, 0.15) is 5.82 Å². The summed E-state index contributed by atoms with van der Waals surface area (Å²) in [6.07, 6.45) is 1.02. The van der Waals surface area contributed by atoms with Crippen LogP contribution in [0.5, 0.6) is 0 Å². The first-order valence-corrected chi connectivity index (χ1v) is 10.3. The average Bonchev–Trinajstić information content (AvgIpc) is 2.73. The lowest BCUT2D eigenvalue weighted by Gasteiger charge is -2.37. The van der Waals surface area contributed by atoms with Gasteiger partial charge >= 0.3 is 6.09 Å². The maximum Gasteiger partial charge on any atom is 0.411 e. The number of carbonyl (C=O) groups is 1. The van der Waals surface area contributed by atoms with Crippen molar-refractivity contribution in [2.24, 2.45) is 5.92 Å². The van der Waals surface area contributed by atoms with Crippen LogP contribution in [0.25, 0.3) is 0 Å². The number of piperazine rings is 1. The second-order valence-corrected chi connectivity index (χ2v) is 8.13. The number of pyridine rings is 1. The lowest BCUT2D eigenvalue weighted by Crippen LogP contribution is -2.47. The summed E-state index contributed by atoms with van der Waals surface area (Å²) in [5.41, 5.74) is 2.73. The van der Waals surface area contributed by atoms with E-state index in [-0.39, 0.29) is 0 Å². The van der Waals surface area contributed by atoms with Gasteiger partial charge in [0, 0.05) is 45.8 Å². The van der Waals surface area contributed by atoms with E-state index in [0.29, 0.717) is 24.7 Å². The zero-order chi connectivity index (χ0) is 20.4. The first-order valence-electron chi connectivity index (χ1n) is 10.3. The summed E-state index contributed by atoms with van der Waals surface area (Å²) in [6, 6.07) is 11.8. The van der Waals surface area contributed by atoms with Crippen molar-refractivity contribution in [3.8, 4) is 0 Å². The Balaban J connectivity index is 1.47. The Hall–Kier alpha value is -2.80. The van der Waals surface area contributed by atoms with E-state index in [9.17, 15) is 9.90 Å². The lowest BCUT2D eigenvalue weighted by molar-refractivity contribution is 0.201. The zero-order valence-electron chi connectivity index (χ0n) is 17.2. The van der Waals surface area contributed by atoms with Gasteiger partial charge in [0.2, 0.25) is 0 Å². The highest BCUT2D eigenvalue weighted by Crippen LogP contribution is 2.37. The van der Waals surface area contributed by atoms with Crippen molar-refractivity contribution in [1.29, 1.82) is 0 Å². The van der Waals surface area contributed by atoms with Crippen molar-refractivity contribution in [2.75, 3.05) is 60.5 Å². The van der Waals surface area contributed by atoms with Gasteiger partial charge in [0.05, 0.1) is 23.3 Å². The van der Waals surface area contributed by atoms with E-state index in [2.05, 4.69) is 34.6 Å². The third kappa shape index (κ3) is 4.15. The largest absolute Gasteiger partial charge is 0.465 e. The summed E-state index contributed by atoms with van der Waals surface area (Å²) in [6.45, 7) is 10.9. The molecule has 3 heterocycles. The van der Waals surface area contributed by atoms with Gasteiger partial charge in [0.15, 0.2) is 0 Å². The van der Waals surface area contributed by atoms with E-state index in [1.807, 2.05) is 36.5 Å². The quantitative estimate of drug-likeness (QED) is 0.855. The molecule has 0 bridgehead atoms. The third-order valence-corrected chi connectivity index (χ3v) is 5.61. The van der Waals surface area contributed by atoms with Crippen LogP contribution in [-0.4, -0.2) is 66.9 Å². The van der Waals surface area contributed by atoms with Gasteiger partial charge < -0.3 is 14.9 Å². The van der Waals surface area contributed by atoms with Crippen LogP contribution in [0.3, 0.4) is 0 Å². The van der Waals surface area contributed by atoms with E-state index >= 15 is 0 Å². The number of para-hydroxylation sites is 2. The van der Waals surface area contributed by atoms with Crippen molar-refractivity contribution < 1.29 is 9.90 Å². The minimum atomic E-state index is -0.919. The normalized spacial score (nSPS) is 17.6. The van der Waals surface area contributed by atoms with Crippen molar-refractivity contribution >= 4 is 29.0 Å². The Morgan fingerprint density at radius 3 is 2.34 bits per heavy atom. The summed E-state index contributed by atoms with van der Waals surface area (Å²) in [4.78, 5) is 24.7. The number of hydrogen-bond donors (Lipinski definition) is 1. The molecular weight excluding hydrogens is 366 g/mol. The molecule has 0 unspecified atom stereocenters. The highest BCUT2D eigenvalue weighted by molar-refractivity contribution is 5.93. The molecule has 0 aliphatic carbocycles. The molecule has 1 saturated heterocycles. The van der Waals surface area contributed by atoms with Crippen LogP contribution >= 0.6 is 0 Å². The molecule has 4 rings (SSSR count). The molecular formula is C22H29N5O2. The van der Waals surface area contributed by atoms with Crippen molar-refractivity contribution in [2.45, 2.75) is 13.8 Å². The average molecular weight is 396 g/mol. The molecule has 1 aromatic heterocycles. The number of nitrogens with zero attached hydrogens (tertiary/aromatic N) is 5. The molecule has 154 valence electrons. The van der Waals surface area contributed by atoms with Crippen molar-refractivity contribution in [3.63, 3.8) is 0 Å². The number of benzene rings is 1. The number of rotatable bonds is 4. The van der Waals surface area contributed by atoms with Crippen LogP contribution in [0, 0.1) is 5.92 Å². The van der Waals surface area contributed by atoms with Crippen LogP contribution < -0.4 is 14.7 Å². The zero-order valence-corrected chi connectivity index (χ0v) is 17.2. The maximum atomic E-state index is 11.5. The van der Waals surface area contributed by atoms with Crippen LogP contribution in [0.15, 0.2) is 42.6 Å². The number of carboxylic acid groups (broad SMARTS) is 1. The number of hydrogen-bond acceptors (Lipinski definition) is 5. The molecule has 0 saturated carbocycles. The minimum Gasteiger partial charge on any atom is -0.465 e. The van der Waals surface area contributed by atoms with Gasteiger partial charge in [-0.25, -0.2) is 9.78 Å². The molecule has 0 radical (unpaired) electrons. The van der Waals surface area contributed by atoms with Gasteiger partial charge in [-0.15, -0.1) is 0 Å². The molecule has 1 fully saturated rings. The summed E-state index contributed by atoms with van der Waals surface area (Å²) >= 11 is 0. The standard InChI is InChI=1S/C22H29N5O2/c1-17(2)16-24-9-11-25(12-10-24)18-7-8-21(23-15-18)26-13-14-27(22(28)29)20-6-4-3-5-19(20)26/h3-8,15,17H,9-14,16H2,1-2H3,(H,28,29). The van der Waals surface area contributed by atoms with Crippen LogP contribution in [0.4, 0.5) is 27.7 Å². The Bertz CT molecular complexity index is 847. The molecule has 2 aliphatic rings. The SMILES string of the molecule is CC(C)CN1CCN(c2ccc(N3CCN(C(=O)O)c4ccccc43)nc2)CC1. The Morgan fingerprint density at radius 1 is 1.00 bits per heavy atom. The molecule has 7 nitrogen and oxygen atoms in total. The van der Waals surface area contributed by atoms with Crippen LogP contribution in [0.1, 0.15) is 13.8 Å². The number of aromatic nitrogens is 1. The first-order chi connectivity index (χ1) is 14.0. The molecule has 7 heteroatoms. The summed E-state index contributed by atoms with van der Waals surface area (Å²) in [7, 11) is 0. The summed E-state index contributed by atoms with van der Waals surface area (Å²) in [5.74, 6) is 1.55. The van der Waals surface area contributed by atoms with Crippen molar-refractivity contribution in [3.05, 3.63) is 42.6 Å². The summed E-state index contributed by atoms with van der Waals surface area (Å²) in [5, 5.41) is 9.47. The second kappa shape index (κ2) is 8.29. The Kier molecular flexibility index (Phi) is 5.58. The monoisotopic (exact) mass is 395 g/mol. The number of anilines is 4. The smallest absolute Gasteiger partial charge is 0.411 e. The maximum absolute atomic E-state index is 11.5. The highest BCUT2D eigenvalue weighted by Gasteiger charge is 2.27. The van der Waals surface area contributed by atoms with Gasteiger partial charge in [-0.1, -0.05) is 26.0 Å². The van der Waals surface area contributed by atoms with Crippen LogP contribution in [0.2, 0.25) is 0 Å². The molecule has 2 aliphatic heterocycles. The predicted octanol–water partition coefficient (Wildman–Crippen LogP) is 3.50.